The van der Waals surface area contributed by atoms with Crippen LogP contribution < -0.4 is 0 Å². The molecule has 0 saturated heterocycles. The minimum absolute atomic E-state index is 0.0903. The highest BCUT2D eigenvalue weighted by Crippen LogP contribution is 2.25. The number of aliphatic hydroxyl groups is 1. The molecule has 0 aliphatic heterocycles. The Morgan fingerprint density at radius 2 is 2.25 bits per heavy atom. The molecule has 1 fully saturated rings. The monoisotopic (exact) mass is 112 g/mol. The Morgan fingerprint density at radius 1 is 1.50 bits per heavy atom. The second kappa shape index (κ2) is 2.31. The summed E-state index contributed by atoms with van der Waals surface area (Å²) in [5.41, 5.74) is 0. The third-order valence-corrected chi connectivity index (χ3v) is 1.83. The molecule has 0 aromatic heterocycles. The summed E-state index contributed by atoms with van der Waals surface area (Å²) < 4.78 is 0. The molecule has 0 aromatic carbocycles. The van der Waals surface area contributed by atoms with E-state index in [9.17, 15) is 0 Å². The van der Waals surface area contributed by atoms with E-state index in [1.807, 2.05) is 6.08 Å². The molecule has 0 spiro atoms. The van der Waals surface area contributed by atoms with Gasteiger partial charge in [-0.2, -0.15) is 0 Å². The summed E-state index contributed by atoms with van der Waals surface area (Å²) in [6.07, 6.45) is 5.03. The van der Waals surface area contributed by atoms with E-state index < -0.39 is 0 Å². The number of hydrogen-bond acceptors (Lipinski definition) is 1. The highest BCUT2D eigenvalue weighted by atomic mass is 16.3. The summed E-state index contributed by atoms with van der Waals surface area (Å²) in [6, 6.07) is 0. The molecule has 0 radical (unpaired) electrons. The number of aliphatic hydroxyl groups excluding tert-OH is 1. The van der Waals surface area contributed by atoms with Crippen LogP contribution in [0.15, 0.2) is 12.7 Å². The van der Waals surface area contributed by atoms with Crippen molar-refractivity contribution in [1.82, 2.24) is 0 Å². The van der Waals surface area contributed by atoms with Gasteiger partial charge in [0.25, 0.3) is 0 Å². The van der Waals surface area contributed by atoms with Crippen molar-refractivity contribution in [3.05, 3.63) is 12.7 Å². The number of rotatable bonds is 1. The molecule has 1 nitrogen and oxygen atoms in total. The van der Waals surface area contributed by atoms with Crippen molar-refractivity contribution < 1.29 is 5.11 Å². The van der Waals surface area contributed by atoms with Gasteiger partial charge in [-0.3, -0.25) is 0 Å². The summed E-state index contributed by atoms with van der Waals surface area (Å²) in [6.45, 7) is 3.63. The Balaban J connectivity index is 2.41. The molecular formula is C7H12O. The van der Waals surface area contributed by atoms with Crippen LogP contribution in [-0.4, -0.2) is 11.2 Å². The minimum Gasteiger partial charge on any atom is -0.393 e. The fourth-order valence-corrected chi connectivity index (χ4v) is 1.24. The Labute approximate surface area is 50.0 Å². The standard InChI is InChI=1S/C7H12O/c1-2-6-4-3-5-7(6)8/h2,6-8H,1,3-5H2/t6-,7+/m0/s1. The Morgan fingerprint density at radius 3 is 2.50 bits per heavy atom. The SMILES string of the molecule is C=C[C@H]1CCC[C@H]1O. The topological polar surface area (TPSA) is 20.2 Å². The molecule has 8 heavy (non-hydrogen) atoms. The van der Waals surface area contributed by atoms with E-state index >= 15 is 0 Å². The van der Waals surface area contributed by atoms with Crippen LogP contribution in [0, 0.1) is 5.92 Å². The fraction of sp³-hybridized carbons (Fsp3) is 0.714. The van der Waals surface area contributed by atoms with E-state index in [0.29, 0.717) is 5.92 Å². The normalized spacial score (nSPS) is 37.6. The molecule has 0 heterocycles. The van der Waals surface area contributed by atoms with Crippen molar-refractivity contribution in [3.63, 3.8) is 0 Å². The van der Waals surface area contributed by atoms with Crippen LogP contribution in [-0.2, 0) is 0 Å². The van der Waals surface area contributed by atoms with Crippen LogP contribution in [0.5, 0.6) is 0 Å². The van der Waals surface area contributed by atoms with Crippen molar-refractivity contribution in [3.8, 4) is 0 Å². The maximum atomic E-state index is 9.12. The summed E-state index contributed by atoms with van der Waals surface area (Å²) >= 11 is 0. The first-order chi connectivity index (χ1) is 3.84. The molecule has 2 atom stereocenters. The van der Waals surface area contributed by atoms with E-state index in [1.165, 1.54) is 0 Å². The van der Waals surface area contributed by atoms with E-state index in [4.69, 9.17) is 5.11 Å². The van der Waals surface area contributed by atoms with E-state index in [1.54, 1.807) is 0 Å². The van der Waals surface area contributed by atoms with Gasteiger partial charge in [-0.1, -0.05) is 12.5 Å². The first-order valence-electron chi connectivity index (χ1n) is 3.15. The van der Waals surface area contributed by atoms with Crippen molar-refractivity contribution in [1.29, 1.82) is 0 Å². The minimum atomic E-state index is -0.0903. The van der Waals surface area contributed by atoms with Gasteiger partial charge in [-0.05, 0) is 12.8 Å². The molecule has 1 N–H and O–H groups in total. The summed E-state index contributed by atoms with van der Waals surface area (Å²) in [5, 5.41) is 9.12. The predicted octanol–water partition coefficient (Wildman–Crippen LogP) is 1.33. The molecule has 1 saturated carbocycles. The zero-order valence-electron chi connectivity index (χ0n) is 5.01. The number of hydrogen-bond donors (Lipinski definition) is 1. The molecule has 0 unspecified atom stereocenters. The predicted molar refractivity (Wildman–Crippen MR) is 33.5 cm³/mol. The van der Waals surface area contributed by atoms with Gasteiger partial charge in [0.2, 0.25) is 0 Å². The first kappa shape index (κ1) is 5.83. The van der Waals surface area contributed by atoms with E-state index in [-0.39, 0.29) is 6.10 Å². The van der Waals surface area contributed by atoms with Crippen LogP contribution in [0.2, 0.25) is 0 Å². The third-order valence-electron chi connectivity index (χ3n) is 1.83. The third kappa shape index (κ3) is 0.920. The van der Waals surface area contributed by atoms with E-state index in [2.05, 4.69) is 6.58 Å². The zero-order valence-corrected chi connectivity index (χ0v) is 5.01. The lowest BCUT2D eigenvalue weighted by Crippen LogP contribution is -2.09. The molecule has 0 amide bonds. The molecular weight excluding hydrogens is 100 g/mol. The van der Waals surface area contributed by atoms with Gasteiger partial charge in [0.05, 0.1) is 6.10 Å². The van der Waals surface area contributed by atoms with Gasteiger partial charge in [0.1, 0.15) is 0 Å². The van der Waals surface area contributed by atoms with Crippen LogP contribution in [0.1, 0.15) is 19.3 Å². The summed E-state index contributed by atoms with van der Waals surface area (Å²) in [5.74, 6) is 0.384. The molecule has 1 aliphatic rings. The lowest BCUT2D eigenvalue weighted by Gasteiger charge is -2.06. The van der Waals surface area contributed by atoms with Crippen molar-refractivity contribution in [2.75, 3.05) is 0 Å². The lowest BCUT2D eigenvalue weighted by molar-refractivity contribution is 0.153. The van der Waals surface area contributed by atoms with Gasteiger partial charge in [-0.25, -0.2) is 0 Å². The zero-order chi connectivity index (χ0) is 5.98. The first-order valence-corrected chi connectivity index (χ1v) is 3.15. The van der Waals surface area contributed by atoms with Gasteiger partial charge in [0, 0.05) is 5.92 Å². The van der Waals surface area contributed by atoms with Gasteiger partial charge in [-0.15, -0.1) is 6.58 Å². The Bertz CT molecular complexity index is 88.4. The fourth-order valence-electron chi connectivity index (χ4n) is 1.24. The van der Waals surface area contributed by atoms with Crippen molar-refractivity contribution in [2.24, 2.45) is 5.92 Å². The average molecular weight is 112 g/mol. The molecule has 1 rings (SSSR count). The van der Waals surface area contributed by atoms with Gasteiger partial charge < -0.3 is 5.11 Å². The van der Waals surface area contributed by atoms with Crippen LogP contribution in [0.3, 0.4) is 0 Å². The quantitative estimate of drug-likeness (QED) is 0.507. The highest BCUT2D eigenvalue weighted by Gasteiger charge is 2.21. The van der Waals surface area contributed by atoms with Crippen LogP contribution in [0.4, 0.5) is 0 Å². The van der Waals surface area contributed by atoms with Gasteiger partial charge >= 0.3 is 0 Å². The van der Waals surface area contributed by atoms with Crippen LogP contribution in [0.25, 0.3) is 0 Å². The molecule has 1 heteroatoms. The van der Waals surface area contributed by atoms with E-state index in [0.717, 1.165) is 19.3 Å². The smallest absolute Gasteiger partial charge is 0.0602 e. The maximum Gasteiger partial charge on any atom is 0.0602 e. The van der Waals surface area contributed by atoms with Crippen molar-refractivity contribution >= 4 is 0 Å². The second-order valence-corrected chi connectivity index (χ2v) is 2.40. The molecule has 46 valence electrons. The second-order valence-electron chi connectivity index (χ2n) is 2.40. The molecule has 1 aliphatic carbocycles. The lowest BCUT2D eigenvalue weighted by atomic mass is 10.1. The average Bonchev–Trinajstić information content (AvgIpc) is 2.14. The Kier molecular flexibility index (Phi) is 1.69. The maximum absolute atomic E-state index is 9.12. The summed E-state index contributed by atoms with van der Waals surface area (Å²) in [4.78, 5) is 0. The van der Waals surface area contributed by atoms with Gasteiger partial charge in [0.15, 0.2) is 0 Å². The Hall–Kier alpha value is -0.300. The highest BCUT2D eigenvalue weighted by molar-refractivity contribution is 4.88. The summed E-state index contributed by atoms with van der Waals surface area (Å²) in [7, 11) is 0. The molecule has 0 aromatic rings. The molecule has 0 bridgehead atoms. The largest absolute Gasteiger partial charge is 0.393 e. The van der Waals surface area contributed by atoms with Crippen molar-refractivity contribution in [2.45, 2.75) is 25.4 Å². The van der Waals surface area contributed by atoms with Crippen LogP contribution >= 0.6 is 0 Å².